The van der Waals surface area contributed by atoms with E-state index in [9.17, 15) is 9.59 Å². The molecule has 0 atom stereocenters. The monoisotopic (exact) mass is 405 g/mol. The summed E-state index contributed by atoms with van der Waals surface area (Å²) in [5.41, 5.74) is 3.08. The Balaban J connectivity index is 1.53. The summed E-state index contributed by atoms with van der Waals surface area (Å²) in [4.78, 5) is 29.8. The van der Waals surface area contributed by atoms with Gasteiger partial charge in [-0.15, -0.1) is 0 Å². The van der Waals surface area contributed by atoms with Crippen molar-refractivity contribution in [2.75, 3.05) is 5.75 Å². The van der Waals surface area contributed by atoms with Crippen LogP contribution in [0.4, 0.5) is 0 Å². The molecular formula is C21H19N5O2S. The number of carbonyl (C=O) groups excluding carboxylic acids is 1. The zero-order valence-corrected chi connectivity index (χ0v) is 16.6. The minimum atomic E-state index is -0.225. The molecule has 4 aromatic rings. The van der Waals surface area contributed by atoms with Gasteiger partial charge in [-0.05, 0) is 24.6 Å². The van der Waals surface area contributed by atoms with E-state index in [-0.39, 0.29) is 17.2 Å². The molecule has 0 radical (unpaired) electrons. The summed E-state index contributed by atoms with van der Waals surface area (Å²) in [7, 11) is 0. The Morgan fingerprint density at radius 1 is 1.14 bits per heavy atom. The maximum Gasteiger partial charge on any atom is 0.269 e. The van der Waals surface area contributed by atoms with E-state index in [1.165, 1.54) is 28.1 Å². The largest absolute Gasteiger partial charge is 0.351 e. The van der Waals surface area contributed by atoms with E-state index in [1.54, 1.807) is 0 Å². The number of carbonyl (C=O) groups is 1. The molecule has 0 fully saturated rings. The molecule has 0 aliphatic carbocycles. The smallest absolute Gasteiger partial charge is 0.269 e. The van der Waals surface area contributed by atoms with Crippen molar-refractivity contribution >= 4 is 28.7 Å². The van der Waals surface area contributed by atoms with Gasteiger partial charge in [0.15, 0.2) is 10.8 Å². The highest BCUT2D eigenvalue weighted by Crippen LogP contribution is 2.20. The molecule has 0 unspecified atom stereocenters. The van der Waals surface area contributed by atoms with Gasteiger partial charge in [-0.25, -0.2) is 4.98 Å². The van der Waals surface area contributed by atoms with Crippen LogP contribution in [0.2, 0.25) is 0 Å². The van der Waals surface area contributed by atoms with Gasteiger partial charge in [0.1, 0.15) is 5.39 Å². The van der Waals surface area contributed by atoms with Crippen LogP contribution in [0.25, 0.3) is 16.7 Å². The summed E-state index contributed by atoms with van der Waals surface area (Å²) in [6.07, 6.45) is 1.47. The number of fused-ring (bicyclic) bond motifs is 1. The third-order valence-electron chi connectivity index (χ3n) is 4.41. The standard InChI is InChI=1S/C21H19N5O2S/c1-14-7-9-15(10-8-14)11-22-18(27)13-29-21-24-19-17(12-23-25-19)20(28)26(21)16-5-3-2-4-6-16/h2-10,12H,11,13H2,1H3,(H,22,27)(H,23,25). The van der Waals surface area contributed by atoms with Crippen LogP contribution in [-0.4, -0.2) is 31.4 Å². The molecule has 0 saturated carbocycles. The molecule has 2 aromatic carbocycles. The first-order valence-corrected chi connectivity index (χ1v) is 10.1. The molecule has 4 rings (SSSR count). The minimum Gasteiger partial charge on any atom is -0.351 e. The second-order valence-corrected chi connectivity index (χ2v) is 7.50. The molecule has 0 saturated heterocycles. The van der Waals surface area contributed by atoms with Gasteiger partial charge in [0.05, 0.1) is 17.6 Å². The SMILES string of the molecule is Cc1ccc(CNC(=O)CSc2nc3[nH]ncc3c(=O)n2-c2ccccc2)cc1. The lowest BCUT2D eigenvalue weighted by atomic mass is 10.1. The molecule has 0 aliphatic rings. The number of aryl methyl sites for hydroxylation is 1. The van der Waals surface area contributed by atoms with Crippen molar-refractivity contribution in [3.63, 3.8) is 0 Å². The molecular weight excluding hydrogens is 386 g/mol. The summed E-state index contributed by atoms with van der Waals surface area (Å²) >= 11 is 1.21. The Labute approximate surface area is 171 Å². The van der Waals surface area contributed by atoms with Gasteiger partial charge in [-0.1, -0.05) is 59.8 Å². The van der Waals surface area contributed by atoms with Crippen molar-refractivity contribution < 1.29 is 4.79 Å². The van der Waals surface area contributed by atoms with Crippen LogP contribution in [0.5, 0.6) is 0 Å². The van der Waals surface area contributed by atoms with E-state index < -0.39 is 0 Å². The van der Waals surface area contributed by atoms with Crippen LogP contribution >= 0.6 is 11.8 Å². The lowest BCUT2D eigenvalue weighted by molar-refractivity contribution is -0.118. The number of benzene rings is 2. The molecule has 2 aromatic heterocycles. The summed E-state index contributed by atoms with van der Waals surface area (Å²) in [5, 5.41) is 10.4. The highest BCUT2D eigenvalue weighted by Gasteiger charge is 2.15. The van der Waals surface area contributed by atoms with Crippen LogP contribution in [0.1, 0.15) is 11.1 Å². The normalized spacial score (nSPS) is 10.9. The van der Waals surface area contributed by atoms with Crippen molar-refractivity contribution in [3.05, 3.63) is 82.3 Å². The van der Waals surface area contributed by atoms with Crippen LogP contribution < -0.4 is 10.9 Å². The van der Waals surface area contributed by atoms with Crippen LogP contribution in [0, 0.1) is 6.92 Å². The summed E-state index contributed by atoms with van der Waals surface area (Å²) in [5.74, 6) is 0.0132. The lowest BCUT2D eigenvalue weighted by Gasteiger charge is -2.12. The topological polar surface area (TPSA) is 92.7 Å². The van der Waals surface area contributed by atoms with Gasteiger partial charge in [-0.3, -0.25) is 19.3 Å². The molecule has 29 heavy (non-hydrogen) atoms. The minimum absolute atomic E-state index is 0.130. The highest BCUT2D eigenvalue weighted by atomic mass is 32.2. The van der Waals surface area contributed by atoms with Crippen LogP contribution in [0.3, 0.4) is 0 Å². The molecule has 2 N–H and O–H groups in total. The fourth-order valence-corrected chi connectivity index (χ4v) is 3.70. The Morgan fingerprint density at radius 2 is 1.90 bits per heavy atom. The van der Waals surface area contributed by atoms with Gasteiger partial charge < -0.3 is 5.32 Å². The number of H-pyrrole nitrogens is 1. The molecule has 0 aliphatic heterocycles. The van der Waals surface area contributed by atoms with Crippen molar-refractivity contribution in [2.45, 2.75) is 18.6 Å². The van der Waals surface area contributed by atoms with E-state index in [4.69, 9.17) is 0 Å². The number of amides is 1. The predicted molar refractivity (Wildman–Crippen MR) is 113 cm³/mol. The Bertz CT molecular complexity index is 1200. The molecule has 2 heterocycles. The van der Waals surface area contributed by atoms with Crippen LogP contribution in [-0.2, 0) is 11.3 Å². The quantitative estimate of drug-likeness (QED) is 0.380. The van der Waals surface area contributed by atoms with Crippen LogP contribution in [0.15, 0.2) is 70.7 Å². The number of para-hydroxylation sites is 1. The fourth-order valence-electron chi connectivity index (χ4n) is 2.86. The van der Waals surface area contributed by atoms with Crippen molar-refractivity contribution in [1.82, 2.24) is 25.1 Å². The number of nitrogens with one attached hydrogen (secondary N) is 2. The van der Waals surface area contributed by atoms with Crippen molar-refractivity contribution in [3.8, 4) is 5.69 Å². The van der Waals surface area contributed by atoms with Gasteiger partial charge in [-0.2, -0.15) is 5.10 Å². The first-order valence-electron chi connectivity index (χ1n) is 9.08. The van der Waals surface area contributed by atoms with Gasteiger partial charge in [0.2, 0.25) is 5.91 Å². The summed E-state index contributed by atoms with van der Waals surface area (Å²) in [6, 6.07) is 17.2. The van der Waals surface area contributed by atoms with E-state index in [1.807, 2.05) is 61.5 Å². The van der Waals surface area contributed by atoms with E-state index in [2.05, 4.69) is 20.5 Å². The molecule has 146 valence electrons. The first-order chi connectivity index (χ1) is 14.1. The predicted octanol–water partition coefficient (Wildman–Crippen LogP) is 2.83. The molecule has 0 spiro atoms. The molecule has 0 bridgehead atoms. The molecule has 8 heteroatoms. The number of hydrogen-bond donors (Lipinski definition) is 2. The lowest BCUT2D eigenvalue weighted by Crippen LogP contribution is -2.26. The zero-order chi connectivity index (χ0) is 20.2. The van der Waals surface area contributed by atoms with E-state index >= 15 is 0 Å². The Morgan fingerprint density at radius 3 is 2.66 bits per heavy atom. The van der Waals surface area contributed by atoms with E-state index in [0.717, 1.165) is 5.56 Å². The number of aromatic nitrogens is 4. The summed E-state index contributed by atoms with van der Waals surface area (Å²) < 4.78 is 1.51. The molecule has 1 amide bonds. The third kappa shape index (κ3) is 4.22. The van der Waals surface area contributed by atoms with Gasteiger partial charge in [0.25, 0.3) is 5.56 Å². The van der Waals surface area contributed by atoms with Gasteiger partial charge in [0, 0.05) is 6.54 Å². The number of hydrogen-bond acceptors (Lipinski definition) is 5. The summed E-state index contributed by atoms with van der Waals surface area (Å²) in [6.45, 7) is 2.48. The maximum absolute atomic E-state index is 12.9. The van der Waals surface area contributed by atoms with Gasteiger partial charge >= 0.3 is 0 Å². The second kappa shape index (κ2) is 8.32. The van der Waals surface area contributed by atoms with E-state index in [0.29, 0.717) is 28.4 Å². The fraction of sp³-hybridized carbons (Fsp3) is 0.143. The average Bonchev–Trinajstić information content (AvgIpc) is 3.21. The first kappa shape index (κ1) is 18.9. The Kier molecular flexibility index (Phi) is 5.44. The molecule has 7 nitrogen and oxygen atoms in total. The number of thioether (sulfide) groups is 1. The Hall–Kier alpha value is -3.39. The second-order valence-electron chi connectivity index (χ2n) is 6.55. The average molecular weight is 405 g/mol. The van der Waals surface area contributed by atoms with Crippen molar-refractivity contribution in [2.24, 2.45) is 0 Å². The highest BCUT2D eigenvalue weighted by molar-refractivity contribution is 7.99. The maximum atomic E-state index is 12.9. The zero-order valence-electron chi connectivity index (χ0n) is 15.8. The van der Waals surface area contributed by atoms with Crippen molar-refractivity contribution in [1.29, 1.82) is 0 Å². The number of nitrogens with zero attached hydrogens (tertiary/aromatic N) is 3. The third-order valence-corrected chi connectivity index (χ3v) is 5.35. The number of aromatic amines is 1. The number of rotatable bonds is 6.